The van der Waals surface area contributed by atoms with Crippen LogP contribution in [0.2, 0.25) is 0 Å². The Kier molecular flexibility index (Phi) is 4.90. The molecule has 0 saturated carbocycles. The van der Waals surface area contributed by atoms with Crippen LogP contribution in [0.15, 0.2) is 0 Å². The van der Waals surface area contributed by atoms with E-state index in [1.165, 1.54) is 0 Å². The van der Waals surface area contributed by atoms with Gasteiger partial charge >= 0.3 is 0 Å². The second-order valence-corrected chi connectivity index (χ2v) is 3.71. The summed E-state index contributed by atoms with van der Waals surface area (Å²) in [6.45, 7) is 9.84. The van der Waals surface area contributed by atoms with Crippen LogP contribution in [0.25, 0.3) is 0 Å². The molecule has 2 N–H and O–H groups in total. The van der Waals surface area contributed by atoms with Crippen molar-refractivity contribution in [3.05, 3.63) is 0 Å². The van der Waals surface area contributed by atoms with Crippen LogP contribution in [-0.4, -0.2) is 24.0 Å². The van der Waals surface area contributed by atoms with Crippen LogP contribution in [0.1, 0.15) is 34.6 Å². The van der Waals surface area contributed by atoms with Gasteiger partial charge in [0, 0.05) is 12.1 Å². The SMILES string of the molecule is CC(C)NC(=O)C(C)NC(C)C. The largest absolute Gasteiger partial charge is 0.353 e. The average molecular weight is 172 g/mol. The number of hydrogen-bond acceptors (Lipinski definition) is 2. The third-order valence-electron chi connectivity index (χ3n) is 1.41. The number of rotatable bonds is 4. The Labute approximate surface area is 74.9 Å². The molecule has 0 aliphatic heterocycles. The third kappa shape index (κ3) is 5.13. The molecule has 0 aliphatic carbocycles. The van der Waals surface area contributed by atoms with E-state index in [0.29, 0.717) is 6.04 Å². The van der Waals surface area contributed by atoms with Crippen LogP contribution < -0.4 is 10.6 Å². The molecule has 3 heteroatoms. The topological polar surface area (TPSA) is 41.1 Å². The van der Waals surface area contributed by atoms with Gasteiger partial charge in [0.25, 0.3) is 0 Å². The molecule has 3 nitrogen and oxygen atoms in total. The van der Waals surface area contributed by atoms with Crippen molar-refractivity contribution in [2.45, 2.75) is 52.7 Å². The van der Waals surface area contributed by atoms with Crippen molar-refractivity contribution in [2.75, 3.05) is 0 Å². The maximum Gasteiger partial charge on any atom is 0.237 e. The van der Waals surface area contributed by atoms with Crippen LogP contribution in [0.5, 0.6) is 0 Å². The van der Waals surface area contributed by atoms with E-state index in [9.17, 15) is 4.79 Å². The van der Waals surface area contributed by atoms with Gasteiger partial charge in [-0.2, -0.15) is 0 Å². The molecule has 0 aromatic rings. The number of amides is 1. The van der Waals surface area contributed by atoms with E-state index in [0.717, 1.165) is 0 Å². The third-order valence-corrected chi connectivity index (χ3v) is 1.41. The maximum atomic E-state index is 11.3. The number of carbonyl (C=O) groups excluding carboxylic acids is 1. The molecule has 0 fully saturated rings. The van der Waals surface area contributed by atoms with Gasteiger partial charge in [-0.3, -0.25) is 4.79 Å². The summed E-state index contributed by atoms with van der Waals surface area (Å²) in [6.07, 6.45) is 0. The average Bonchev–Trinajstić information content (AvgIpc) is 1.84. The lowest BCUT2D eigenvalue weighted by Crippen LogP contribution is -2.46. The monoisotopic (exact) mass is 172 g/mol. The second-order valence-electron chi connectivity index (χ2n) is 3.71. The predicted molar refractivity (Wildman–Crippen MR) is 51.0 cm³/mol. The van der Waals surface area contributed by atoms with Crippen LogP contribution in [0.4, 0.5) is 0 Å². The molecule has 0 heterocycles. The van der Waals surface area contributed by atoms with Crippen molar-refractivity contribution in [1.29, 1.82) is 0 Å². The Morgan fingerprint density at radius 3 is 1.83 bits per heavy atom. The Bertz CT molecular complexity index is 143. The summed E-state index contributed by atoms with van der Waals surface area (Å²) < 4.78 is 0. The summed E-state index contributed by atoms with van der Waals surface area (Å²) in [4.78, 5) is 11.3. The molecule has 1 amide bonds. The van der Waals surface area contributed by atoms with E-state index in [1.54, 1.807) is 0 Å². The van der Waals surface area contributed by atoms with E-state index in [-0.39, 0.29) is 18.0 Å². The van der Waals surface area contributed by atoms with Gasteiger partial charge < -0.3 is 10.6 Å². The van der Waals surface area contributed by atoms with Crippen molar-refractivity contribution in [3.8, 4) is 0 Å². The van der Waals surface area contributed by atoms with Gasteiger partial charge in [-0.25, -0.2) is 0 Å². The smallest absolute Gasteiger partial charge is 0.237 e. The highest BCUT2D eigenvalue weighted by Gasteiger charge is 2.13. The lowest BCUT2D eigenvalue weighted by molar-refractivity contribution is -0.123. The first-order valence-corrected chi connectivity index (χ1v) is 4.50. The first-order valence-electron chi connectivity index (χ1n) is 4.50. The van der Waals surface area contributed by atoms with Gasteiger partial charge in [0.15, 0.2) is 0 Å². The van der Waals surface area contributed by atoms with Crippen LogP contribution in [0, 0.1) is 0 Å². The minimum absolute atomic E-state index is 0.0682. The first kappa shape index (κ1) is 11.4. The minimum Gasteiger partial charge on any atom is -0.353 e. The Morgan fingerprint density at radius 1 is 1.00 bits per heavy atom. The van der Waals surface area contributed by atoms with E-state index >= 15 is 0 Å². The van der Waals surface area contributed by atoms with E-state index < -0.39 is 0 Å². The van der Waals surface area contributed by atoms with Gasteiger partial charge in [0.05, 0.1) is 6.04 Å². The second kappa shape index (κ2) is 5.14. The summed E-state index contributed by atoms with van der Waals surface area (Å²) in [5.41, 5.74) is 0. The molecule has 0 aromatic carbocycles. The molecule has 0 spiro atoms. The van der Waals surface area contributed by atoms with Crippen molar-refractivity contribution in [1.82, 2.24) is 10.6 Å². The molecule has 1 atom stereocenters. The number of nitrogens with one attached hydrogen (secondary N) is 2. The van der Waals surface area contributed by atoms with Gasteiger partial charge in [0.2, 0.25) is 5.91 Å². The minimum atomic E-state index is -0.104. The molecule has 0 bridgehead atoms. The molecule has 12 heavy (non-hydrogen) atoms. The summed E-state index contributed by atoms with van der Waals surface area (Å²) in [5.74, 6) is 0.0682. The standard InChI is InChI=1S/C9H20N2O/c1-6(2)10-8(5)9(12)11-7(3)4/h6-8,10H,1-5H3,(H,11,12). The zero-order valence-electron chi connectivity index (χ0n) is 8.64. The summed E-state index contributed by atoms with van der Waals surface area (Å²) in [5, 5.41) is 5.98. The van der Waals surface area contributed by atoms with E-state index in [1.807, 2.05) is 34.6 Å². The van der Waals surface area contributed by atoms with Gasteiger partial charge in [0.1, 0.15) is 0 Å². The Hall–Kier alpha value is -0.570. The molecular formula is C9H20N2O. The molecule has 0 rings (SSSR count). The van der Waals surface area contributed by atoms with E-state index in [2.05, 4.69) is 10.6 Å². The molecule has 0 aliphatic rings. The highest BCUT2D eigenvalue weighted by Crippen LogP contribution is 1.88. The van der Waals surface area contributed by atoms with Crippen molar-refractivity contribution < 1.29 is 4.79 Å². The predicted octanol–water partition coefficient (Wildman–Crippen LogP) is 0.897. The highest BCUT2D eigenvalue weighted by molar-refractivity contribution is 5.81. The van der Waals surface area contributed by atoms with E-state index in [4.69, 9.17) is 0 Å². The molecule has 0 radical (unpaired) electrons. The number of carbonyl (C=O) groups is 1. The van der Waals surface area contributed by atoms with Crippen molar-refractivity contribution >= 4 is 5.91 Å². The fourth-order valence-electron chi connectivity index (χ4n) is 0.985. The summed E-state index contributed by atoms with van der Waals surface area (Å²) in [7, 11) is 0. The fourth-order valence-corrected chi connectivity index (χ4v) is 0.985. The van der Waals surface area contributed by atoms with Crippen LogP contribution in [-0.2, 0) is 4.79 Å². The quantitative estimate of drug-likeness (QED) is 0.661. The molecule has 72 valence electrons. The van der Waals surface area contributed by atoms with Crippen LogP contribution >= 0.6 is 0 Å². The highest BCUT2D eigenvalue weighted by atomic mass is 16.2. The number of hydrogen-bond donors (Lipinski definition) is 2. The molecule has 0 aromatic heterocycles. The zero-order valence-corrected chi connectivity index (χ0v) is 8.64. The first-order chi connectivity index (χ1) is 5.43. The van der Waals surface area contributed by atoms with Crippen molar-refractivity contribution in [2.24, 2.45) is 0 Å². The van der Waals surface area contributed by atoms with Crippen molar-refractivity contribution in [3.63, 3.8) is 0 Å². The Balaban J connectivity index is 3.77. The zero-order chi connectivity index (χ0) is 9.72. The fraction of sp³-hybridized carbons (Fsp3) is 0.889. The summed E-state index contributed by atoms with van der Waals surface area (Å²) in [6, 6.07) is 0.458. The van der Waals surface area contributed by atoms with Crippen LogP contribution in [0.3, 0.4) is 0 Å². The summed E-state index contributed by atoms with van der Waals surface area (Å²) >= 11 is 0. The molecule has 1 unspecified atom stereocenters. The maximum absolute atomic E-state index is 11.3. The van der Waals surface area contributed by atoms with Gasteiger partial charge in [-0.1, -0.05) is 13.8 Å². The molecule has 0 saturated heterocycles. The Morgan fingerprint density at radius 2 is 1.50 bits per heavy atom. The van der Waals surface area contributed by atoms with Gasteiger partial charge in [-0.05, 0) is 20.8 Å². The lowest BCUT2D eigenvalue weighted by Gasteiger charge is -2.17. The normalized spacial score (nSPS) is 13.6. The lowest BCUT2D eigenvalue weighted by atomic mass is 10.2. The van der Waals surface area contributed by atoms with Gasteiger partial charge in [-0.15, -0.1) is 0 Å². The molecular weight excluding hydrogens is 152 g/mol.